The molecule has 2 aliphatic heterocycles. The number of likely N-dealkylation sites (N-methyl/N-ethyl adjacent to an activating group) is 1. The molecule has 0 unspecified atom stereocenters. The third-order valence-corrected chi connectivity index (χ3v) is 7.99. The molecule has 1 aromatic heterocycles. The van der Waals surface area contributed by atoms with Gasteiger partial charge in [0.15, 0.2) is 11.6 Å². The molecule has 5 rings (SSSR count). The molecule has 2 aromatic carbocycles. The van der Waals surface area contributed by atoms with Crippen molar-refractivity contribution in [2.45, 2.75) is 50.6 Å². The van der Waals surface area contributed by atoms with E-state index in [9.17, 15) is 32.8 Å². The van der Waals surface area contributed by atoms with Crippen molar-refractivity contribution in [2.75, 3.05) is 18.9 Å². The molecule has 3 heterocycles. The Bertz CT molecular complexity index is 1580. The van der Waals surface area contributed by atoms with Crippen molar-refractivity contribution < 1.29 is 27.6 Å². The second-order valence-corrected chi connectivity index (χ2v) is 10.9. The Hall–Kier alpha value is -4.33. The number of amides is 3. The average Bonchev–Trinajstić information content (AvgIpc) is 3.62. The topological polar surface area (TPSA) is 109 Å². The monoisotopic (exact) mass is 551 g/mol. The number of rotatable bonds is 6. The van der Waals surface area contributed by atoms with Gasteiger partial charge in [0.25, 0.3) is 5.91 Å². The van der Waals surface area contributed by atoms with E-state index in [1.54, 1.807) is 24.3 Å². The second-order valence-electron chi connectivity index (χ2n) is 10.9. The van der Waals surface area contributed by atoms with E-state index in [4.69, 9.17) is 0 Å². The standard InChI is InChI=1S/C29H28F3N5O3/c1-15(2)8-9-23(36(3)26(38)22-10-17-19(30)11-20(31)24(32)25(17)34-22)27(39)37-14-29(12-16(37)13-33)18-6-4-5-7-21(18)35-28(29)40/h4-7,10-11,15-16,23,34H,8-9,12,14H2,1-3H3,(H,35,40)/t16-,23-,29-/m0/s1. The summed E-state index contributed by atoms with van der Waals surface area (Å²) < 4.78 is 42.3. The molecule has 3 atom stereocenters. The number of carbonyl (C=O) groups excluding carboxylic acids is 3. The van der Waals surface area contributed by atoms with Crippen molar-refractivity contribution in [3.05, 3.63) is 65.1 Å². The minimum absolute atomic E-state index is 0.0325. The number of nitriles is 1. The second kappa shape index (κ2) is 10.0. The third kappa shape index (κ3) is 4.28. The van der Waals surface area contributed by atoms with Gasteiger partial charge in [-0.2, -0.15) is 5.26 Å². The molecular weight excluding hydrogens is 523 g/mol. The molecule has 11 heteroatoms. The number of hydrogen-bond donors (Lipinski definition) is 2. The highest BCUT2D eigenvalue weighted by molar-refractivity contribution is 6.07. The van der Waals surface area contributed by atoms with Crippen LogP contribution >= 0.6 is 0 Å². The minimum atomic E-state index is -1.40. The number of nitrogens with one attached hydrogen (secondary N) is 2. The van der Waals surface area contributed by atoms with E-state index in [1.807, 2.05) is 13.8 Å². The van der Waals surface area contributed by atoms with Gasteiger partial charge in [0.05, 0.1) is 17.0 Å². The Morgan fingerprint density at radius 2 is 1.90 bits per heavy atom. The molecule has 0 bridgehead atoms. The van der Waals surface area contributed by atoms with Crippen LogP contribution in [-0.4, -0.2) is 58.2 Å². The summed E-state index contributed by atoms with van der Waals surface area (Å²) in [6, 6.07) is 8.85. The lowest BCUT2D eigenvalue weighted by molar-refractivity contribution is -0.136. The third-order valence-electron chi connectivity index (χ3n) is 7.99. The van der Waals surface area contributed by atoms with Gasteiger partial charge in [-0.1, -0.05) is 32.0 Å². The van der Waals surface area contributed by atoms with Gasteiger partial charge in [-0.3, -0.25) is 14.4 Å². The predicted octanol–water partition coefficient (Wildman–Crippen LogP) is 4.48. The number of H-pyrrole nitrogens is 1. The highest BCUT2D eigenvalue weighted by Crippen LogP contribution is 2.46. The number of halogens is 3. The van der Waals surface area contributed by atoms with E-state index in [0.29, 0.717) is 23.7 Å². The molecule has 208 valence electrons. The molecular formula is C29H28F3N5O3. The summed E-state index contributed by atoms with van der Waals surface area (Å²) in [7, 11) is 1.40. The number of para-hydroxylation sites is 1. The fourth-order valence-electron chi connectivity index (χ4n) is 5.79. The van der Waals surface area contributed by atoms with Crippen LogP contribution in [0.4, 0.5) is 18.9 Å². The number of fused-ring (bicyclic) bond motifs is 3. The van der Waals surface area contributed by atoms with Crippen molar-refractivity contribution in [2.24, 2.45) is 5.92 Å². The summed E-state index contributed by atoms with van der Waals surface area (Å²) in [5.74, 6) is -5.09. The van der Waals surface area contributed by atoms with Crippen LogP contribution in [0, 0.1) is 34.7 Å². The number of aromatic amines is 1. The van der Waals surface area contributed by atoms with Crippen LogP contribution < -0.4 is 5.32 Å². The van der Waals surface area contributed by atoms with E-state index >= 15 is 0 Å². The Balaban J connectivity index is 1.48. The summed E-state index contributed by atoms with van der Waals surface area (Å²) in [5, 5.41) is 12.5. The van der Waals surface area contributed by atoms with Crippen molar-refractivity contribution in [1.82, 2.24) is 14.8 Å². The van der Waals surface area contributed by atoms with Crippen molar-refractivity contribution in [3.8, 4) is 6.07 Å². The van der Waals surface area contributed by atoms with Gasteiger partial charge in [-0.15, -0.1) is 0 Å². The highest BCUT2D eigenvalue weighted by Gasteiger charge is 2.56. The van der Waals surface area contributed by atoms with Crippen LogP contribution in [0.1, 0.15) is 49.2 Å². The van der Waals surface area contributed by atoms with Gasteiger partial charge < -0.3 is 20.1 Å². The van der Waals surface area contributed by atoms with Gasteiger partial charge >= 0.3 is 0 Å². The van der Waals surface area contributed by atoms with E-state index in [1.165, 1.54) is 16.8 Å². The minimum Gasteiger partial charge on any atom is -0.348 e. The SMILES string of the molecule is CC(C)CC[C@@H](C(=O)N1C[C@]2(C[C@H]1C#N)C(=O)Nc1ccccc12)N(C)C(=O)c1cc2c(F)cc(F)c(F)c2[nH]1. The zero-order chi connectivity index (χ0) is 28.9. The Morgan fingerprint density at radius 1 is 1.18 bits per heavy atom. The van der Waals surface area contributed by atoms with E-state index in [-0.39, 0.29) is 42.3 Å². The molecule has 1 spiro atoms. The number of benzene rings is 2. The number of nitrogens with zero attached hydrogens (tertiary/aromatic N) is 3. The Labute approximate surface area is 228 Å². The lowest BCUT2D eigenvalue weighted by Crippen LogP contribution is -2.51. The quantitative estimate of drug-likeness (QED) is 0.441. The molecule has 0 aliphatic carbocycles. The van der Waals surface area contributed by atoms with Gasteiger partial charge in [0, 0.05) is 37.2 Å². The zero-order valence-electron chi connectivity index (χ0n) is 22.2. The first kappa shape index (κ1) is 27.2. The molecule has 0 saturated carbocycles. The molecule has 40 heavy (non-hydrogen) atoms. The van der Waals surface area contributed by atoms with E-state index in [2.05, 4.69) is 16.4 Å². The Morgan fingerprint density at radius 3 is 2.60 bits per heavy atom. The first-order chi connectivity index (χ1) is 19.0. The fraction of sp³-hybridized carbons (Fsp3) is 0.379. The fourth-order valence-corrected chi connectivity index (χ4v) is 5.79. The largest absolute Gasteiger partial charge is 0.348 e. The van der Waals surface area contributed by atoms with E-state index < -0.39 is 52.3 Å². The molecule has 3 amide bonds. The maximum Gasteiger partial charge on any atom is 0.270 e. The average molecular weight is 552 g/mol. The first-order valence-corrected chi connectivity index (χ1v) is 13.0. The normalized spacial score (nSPS) is 20.6. The van der Waals surface area contributed by atoms with Crippen LogP contribution in [0.15, 0.2) is 36.4 Å². The Kier molecular flexibility index (Phi) is 6.82. The van der Waals surface area contributed by atoms with Crippen LogP contribution in [0.3, 0.4) is 0 Å². The highest BCUT2D eigenvalue weighted by atomic mass is 19.2. The smallest absolute Gasteiger partial charge is 0.270 e. The van der Waals surface area contributed by atoms with Crippen molar-refractivity contribution in [3.63, 3.8) is 0 Å². The van der Waals surface area contributed by atoms with Crippen molar-refractivity contribution >= 4 is 34.3 Å². The number of likely N-dealkylation sites (tertiary alicyclic amines) is 1. The first-order valence-electron chi connectivity index (χ1n) is 13.0. The molecule has 1 fully saturated rings. The molecule has 2 aliphatic rings. The number of aromatic nitrogens is 1. The summed E-state index contributed by atoms with van der Waals surface area (Å²) >= 11 is 0. The molecule has 2 N–H and O–H groups in total. The van der Waals surface area contributed by atoms with Gasteiger partial charge in [-0.25, -0.2) is 13.2 Å². The maximum absolute atomic E-state index is 14.3. The number of hydrogen-bond acceptors (Lipinski definition) is 4. The van der Waals surface area contributed by atoms with E-state index in [0.717, 1.165) is 6.07 Å². The van der Waals surface area contributed by atoms with Crippen LogP contribution in [0.5, 0.6) is 0 Å². The summed E-state index contributed by atoms with van der Waals surface area (Å²) in [5.41, 5.74) is -0.447. The lowest BCUT2D eigenvalue weighted by atomic mass is 9.80. The van der Waals surface area contributed by atoms with Gasteiger partial charge in [0.1, 0.15) is 23.6 Å². The van der Waals surface area contributed by atoms with Crippen molar-refractivity contribution in [1.29, 1.82) is 5.26 Å². The predicted molar refractivity (Wildman–Crippen MR) is 141 cm³/mol. The van der Waals surface area contributed by atoms with Gasteiger partial charge in [-0.05, 0) is 36.5 Å². The van der Waals surface area contributed by atoms with Crippen LogP contribution in [0.25, 0.3) is 10.9 Å². The lowest BCUT2D eigenvalue weighted by Gasteiger charge is -2.32. The molecule has 0 radical (unpaired) electrons. The summed E-state index contributed by atoms with van der Waals surface area (Å²) in [4.78, 5) is 45.7. The molecule has 8 nitrogen and oxygen atoms in total. The number of anilines is 1. The zero-order valence-corrected chi connectivity index (χ0v) is 22.2. The maximum atomic E-state index is 14.3. The summed E-state index contributed by atoms with van der Waals surface area (Å²) in [6.07, 6.45) is 0.925. The van der Waals surface area contributed by atoms with Crippen LogP contribution in [0.2, 0.25) is 0 Å². The van der Waals surface area contributed by atoms with Gasteiger partial charge in [0.2, 0.25) is 11.8 Å². The summed E-state index contributed by atoms with van der Waals surface area (Å²) in [6.45, 7) is 3.89. The molecule has 1 saturated heterocycles. The number of carbonyl (C=O) groups is 3. The van der Waals surface area contributed by atoms with Crippen LogP contribution in [-0.2, 0) is 15.0 Å². The molecule has 3 aromatic rings.